The standard InChI is InChI=1S/C17H16F2N6O2/c18-13(19)6-20-17(27)12-5-11(23-24-12)10-3-4-15-21-14(8-25(15)7-10)22-16(26)9-1-2-9/h3-5,7-9,13H,1-2,6H2,(H,20,27)(H,22,26)(H,23,24). The molecule has 3 heterocycles. The molecular formula is C17H16F2N6O2. The maximum absolute atomic E-state index is 12.2. The van der Waals surface area contributed by atoms with E-state index in [-0.39, 0.29) is 17.5 Å². The van der Waals surface area contributed by atoms with Gasteiger partial charge in [0.05, 0.1) is 18.4 Å². The highest BCUT2D eigenvalue weighted by atomic mass is 19.3. The molecule has 27 heavy (non-hydrogen) atoms. The number of alkyl halides is 2. The monoisotopic (exact) mass is 374 g/mol. The van der Waals surface area contributed by atoms with Crippen molar-refractivity contribution in [3.8, 4) is 11.3 Å². The van der Waals surface area contributed by atoms with Gasteiger partial charge in [-0.25, -0.2) is 13.8 Å². The van der Waals surface area contributed by atoms with Crippen LogP contribution in [0.15, 0.2) is 30.6 Å². The fraction of sp³-hybridized carbons (Fsp3) is 0.294. The van der Waals surface area contributed by atoms with Crippen molar-refractivity contribution in [3.63, 3.8) is 0 Å². The molecule has 0 saturated heterocycles. The lowest BCUT2D eigenvalue weighted by atomic mass is 10.2. The second kappa shape index (κ2) is 6.78. The molecule has 0 aliphatic heterocycles. The van der Waals surface area contributed by atoms with Crippen molar-refractivity contribution in [2.75, 3.05) is 11.9 Å². The van der Waals surface area contributed by atoms with Crippen LogP contribution in [-0.2, 0) is 4.79 Å². The zero-order valence-electron chi connectivity index (χ0n) is 14.1. The molecule has 0 unspecified atom stereocenters. The number of anilines is 1. The summed E-state index contributed by atoms with van der Waals surface area (Å²) in [7, 11) is 0. The lowest BCUT2D eigenvalue weighted by molar-refractivity contribution is -0.117. The summed E-state index contributed by atoms with van der Waals surface area (Å²) in [6.45, 7) is -0.725. The van der Waals surface area contributed by atoms with E-state index < -0.39 is 18.9 Å². The second-order valence-corrected chi connectivity index (χ2v) is 6.34. The summed E-state index contributed by atoms with van der Waals surface area (Å²) >= 11 is 0. The molecule has 1 aliphatic rings. The molecule has 2 amide bonds. The van der Waals surface area contributed by atoms with Gasteiger partial charge in [0.2, 0.25) is 5.91 Å². The van der Waals surface area contributed by atoms with Crippen LogP contribution in [-0.4, -0.2) is 44.4 Å². The van der Waals surface area contributed by atoms with E-state index in [0.717, 1.165) is 18.4 Å². The summed E-state index contributed by atoms with van der Waals surface area (Å²) < 4.78 is 26.1. The minimum atomic E-state index is -2.62. The Bertz CT molecular complexity index is 1010. The van der Waals surface area contributed by atoms with Crippen LogP contribution >= 0.6 is 0 Å². The van der Waals surface area contributed by atoms with E-state index in [9.17, 15) is 18.4 Å². The van der Waals surface area contributed by atoms with Crippen LogP contribution < -0.4 is 10.6 Å². The highest BCUT2D eigenvalue weighted by Gasteiger charge is 2.30. The van der Waals surface area contributed by atoms with Gasteiger partial charge in [-0.05, 0) is 31.0 Å². The van der Waals surface area contributed by atoms with Gasteiger partial charge in [-0.2, -0.15) is 5.10 Å². The summed E-state index contributed by atoms with van der Waals surface area (Å²) in [5, 5.41) is 11.5. The average molecular weight is 374 g/mol. The van der Waals surface area contributed by atoms with E-state index in [1.807, 2.05) is 0 Å². The Hall–Kier alpha value is -3.30. The Labute approximate surface area is 152 Å². The third kappa shape index (κ3) is 3.78. The number of halogens is 2. The molecule has 1 aliphatic carbocycles. The number of pyridine rings is 1. The van der Waals surface area contributed by atoms with Gasteiger partial charge in [-0.15, -0.1) is 0 Å². The SMILES string of the molecule is O=C(NCC(F)F)c1cc(-c2ccc3nc(NC(=O)C4CC4)cn3c2)[nH]n1. The molecule has 4 rings (SSSR count). The molecule has 3 N–H and O–H groups in total. The molecule has 0 spiro atoms. The molecule has 0 radical (unpaired) electrons. The van der Waals surface area contributed by atoms with Gasteiger partial charge >= 0.3 is 0 Å². The summed E-state index contributed by atoms with van der Waals surface area (Å²) in [4.78, 5) is 28.0. The number of carbonyl (C=O) groups is 2. The molecule has 1 saturated carbocycles. The zero-order chi connectivity index (χ0) is 19.0. The number of aromatic nitrogens is 4. The highest BCUT2D eigenvalue weighted by molar-refractivity contribution is 5.94. The second-order valence-electron chi connectivity index (χ2n) is 6.34. The van der Waals surface area contributed by atoms with Crippen molar-refractivity contribution in [1.82, 2.24) is 24.9 Å². The largest absolute Gasteiger partial charge is 0.345 e. The number of imidazole rings is 1. The molecule has 0 bridgehead atoms. The number of nitrogens with one attached hydrogen (secondary N) is 3. The summed E-state index contributed by atoms with van der Waals surface area (Å²) in [6.07, 6.45) is 2.67. The van der Waals surface area contributed by atoms with E-state index in [0.29, 0.717) is 17.2 Å². The Morgan fingerprint density at radius 1 is 1.30 bits per heavy atom. The third-order valence-corrected chi connectivity index (χ3v) is 4.19. The maximum Gasteiger partial charge on any atom is 0.271 e. The molecule has 3 aromatic heterocycles. The normalized spacial score (nSPS) is 13.9. The van der Waals surface area contributed by atoms with Crippen molar-refractivity contribution in [1.29, 1.82) is 0 Å². The molecule has 0 atom stereocenters. The lowest BCUT2D eigenvalue weighted by Crippen LogP contribution is -2.28. The molecule has 3 aromatic rings. The Balaban J connectivity index is 1.51. The van der Waals surface area contributed by atoms with Crippen molar-refractivity contribution in [3.05, 3.63) is 36.3 Å². The molecule has 0 aromatic carbocycles. The minimum Gasteiger partial charge on any atom is -0.345 e. The topological polar surface area (TPSA) is 104 Å². The molecule has 10 heteroatoms. The average Bonchev–Trinajstić information content (AvgIpc) is 3.24. The van der Waals surface area contributed by atoms with Gasteiger partial charge in [0.1, 0.15) is 5.65 Å². The van der Waals surface area contributed by atoms with Gasteiger partial charge in [-0.1, -0.05) is 0 Å². The molecule has 1 fully saturated rings. The smallest absolute Gasteiger partial charge is 0.271 e. The van der Waals surface area contributed by atoms with Crippen LogP contribution in [0.4, 0.5) is 14.6 Å². The first kappa shape index (κ1) is 17.1. The summed E-state index contributed by atoms with van der Waals surface area (Å²) in [5.41, 5.74) is 1.95. The Morgan fingerprint density at radius 2 is 2.11 bits per heavy atom. The van der Waals surface area contributed by atoms with Gasteiger partial charge in [-0.3, -0.25) is 14.7 Å². The van der Waals surface area contributed by atoms with Crippen LogP contribution in [0.2, 0.25) is 0 Å². The molecule has 140 valence electrons. The van der Waals surface area contributed by atoms with E-state index >= 15 is 0 Å². The number of H-pyrrole nitrogens is 1. The van der Waals surface area contributed by atoms with Gasteiger partial charge in [0, 0.05) is 17.7 Å². The van der Waals surface area contributed by atoms with Gasteiger partial charge in [0.25, 0.3) is 12.3 Å². The molecule has 8 nitrogen and oxygen atoms in total. The van der Waals surface area contributed by atoms with Crippen LogP contribution in [0.1, 0.15) is 23.3 Å². The number of carbonyl (C=O) groups excluding carboxylic acids is 2. The van der Waals surface area contributed by atoms with E-state index in [1.54, 1.807) is 28.9 Å². The van der Waals surface area contributed by atoms with Gasteiger partial charge in [0.15, 0.2) is 11.5 Å². The number of rotatable bonds is 6. The fourth-order valence-corrected chi connectivity index (χ4v) is 2.63. The number of hydrogen-bond acceptors (Lipinski definition) is 4. The lowest BCUT2D eigenvalue weighted by Gasteiger charge is -2.00. The predicted molar refractivity (Wildman–Crippen MR) is 92.5 cm³/mol. The van der Waals surface area contributed by atoms with Crippen LogP contribution in [0, 0.1) is 5.92 Å². The fourth-order valence-electron chi connectivity index (χ4n) is 2.63. The first-order valence-electron chi connectivity index (χ1n) is 8.41. The first-order chi connectivity index (χ1) is 13.0. The van der Waals surface area contributed by atoms with Crippen molar-refractivity contribution in [2.45, 2.75) is 19.3 Å². The van der Waals surface area contributed by atoms with Crippen LogP contribution in [0.3, 0.4) is 0 Å². The summed E-state index contributed by atoms with van der Waals surface area (Å²) in [6, 6.07) is 5.03. The number of aromatic amines is 1. The van der Waals surface area contributed by atoms with E-state index in [4.69, 9.17) is 0 Å². The summed E-state index contributed by atoms with van der Waals surface area (Å²) in [5.74, 6) is -0.135. The number of hydrogen-bond donors (Lipinski definition) is 3. The van der Waals surface area contributed by atoms with E-state index in [2.05, 4.69) is 25.8 Å². The van der Waals surface area contributed by atoms with Crippen LogP contribution in [0.5, 0.6) is 0 Å². The minimum absolute atomic E-state index is 0.0216. The van der Waals surface area contributed by atoms with Gasteiger partial charge < -0.3 is 15.0 Å². The zero-order valence-corrected chi connectivity index (χ0v) is 14.1. The quantitative estimate of drug-likeness (QED) is 0.614. The first-order valence-corrected chi connectivity index (χ1v) is 8.41. The van der Waals surface area contributed by atoms with Crippen molar-refractivity contribution in [2.24, 2.45) is 5.92 Å². The van der Waals surface area contributed by atoms with Crippen molar-refractivity contribution < 1.29 is 18.4 Å². The predicted octanol–water partition coefficient (Wildman–Crippen LogP) is 2.07. The van der Waals surface area contributed by atoms with E-state index in [1.165, 1.54) is 6.07 Å². The van der Waals surface area contributed by atoms with Crippen molar-refractivity contribution >= 4 is 23.3 Å². The number of nitrogens with zero attached hydrogens (tertiary/aromatic N) is 3. The third-order valence-electron chi connectivity index (χ3n) is 4.19. The highest BCUT2D eigenvalue weighted by Crippen LogP contribution is 2.30. The number of amides is 2. The maximum atomic E-state index is 12.2. The Kier molecular flexibility index (Phi) is 4.30. The molecular weight excluding hydrogens is 358 g/mol. The number of fused-ring (bicyclic) bond motifs is 1. The Morgan fingerprint density at radius 3 is 2.85 bits per heavy atom. The van der Waals surface area contributed by atoms with Crippen LogP contribution in [0.25, 0.3) is 16.9 Å².